The first-order valence-corrected chi connectivity index (χ1v) is 31.8. The molecular weight excluding hydrogens is 1070 g/mol. The molecular formula is C63H102N4O14S. The summed E-state index contributed by atoms with van der Waals surface area (Å²) in [6.45, 7) is 26.6. The van der Waals surface area contributed by atoms with E-state index in [1.165, 1.54) is 21.6 Å². The first kappa shape index (κ1) is 67.6. The van der Waals surface area contributed by atoms with Gasteiger partial charge in [-0.05, 0) is 141 Å². The summed E-state index contributed by atoms with van der Waals surface area (Å²) in [5.41, 5.74) is 1.24. The van der Waals surface area contributed by atoms with E-state index in [1.807, 2.05) is 60.6 Å². The van der Waals surface area contributed by atoms with Crippen LogP contribution in [0.1, 0.15) is 173 Å². The summed E-state index contributed by atoms with van der Waals surface area (Å²) in [5, 5.41) is 63.0. The van der Waals surface area contributed by atoms with E-state index in [1.54, 1.807) is 27.9 Å². The Morgan fingerprint density at radius 1 is 0.976 bits per heavy atom. The molecule has 0 unspecified atom stereocenters. The molecule has 18 nitrogen and oxygen atoms in total. The van der Waals surface area contributed by atoms with Crippen molar-refractivity contribution in [1.29, 1.82) is 0 Å². The van der Waals surface area contributed by atoms with Crippen LogP contribution >= 0.6 is 11.8 Å². The molecule has 2 amide bonds. The Morgan fingerprint density at radius 2 is 1.66 bits per heavy atom. The number of aliphatic carboxylic acids is 1. The van der Waals surface area contributed by atoms with Gasteiger partial charge in [-0.25, -0.2) is 9.59 Å². The number of carbonyl (C=O) groups excluding carboxylic acids is 5. The molecule has 0 aromatic carbocycles. The smallest absolute Gasteiger partial charge is 0.353 e. The number of carboxylic acid groups (broad SMARTS) is 1. The monoisotopic (exact) mass is 1170 g/mol. The van der Waals surface area contributed by atoms with Gasteiger partial charge in [0.2, 0.25) is 11.7 Å². The number of carbonyl (C=O) groups is 6. The number of allylic oxidation sites excluding steroid dienone is 3. The second-order valence-electron chi connectivity index (χ2n) is 26.3. The number of hydrogen-bond acceptors (Lipinski definition) is 16. The number of rotatable bonds is 13. The normalized spacial score (nSPS) is 39.7. The summed E-state index contributed by atoms with van der Waals surface area (Å²) >= 11 is 1.51. The number of methoxy groups -OCH3 is 1. The molecule has 464 valence electrons. The van der Waals surface area contributed by atoms with E-state index in [9.17, 15) is 54.3 Å². The lowest BCUT2D eigenvalue weighted by Crippen LogP contribution is -2.63. The van der Waals surface area contributed by atoms with Crippen molar-refractivity contribution in [1.82, 2.24) is 20.4 Å². The van der Waals surface area contributed by atoms with Crippen molar-refractivity contribution in [3.63, 3.8) is 0 Å². The molecule has 1 saturated carbocycles. The molecule has 82 heavy (non-hydrogen) atoms. The van der Waals surface area contributed by atoms with Gasteiger partial charge < -0.3 is 60.2 Å². The zero-order chi connectivity index (χ0) is 60.9. The van der Waals surface area contributed by atoms with Gasteiger partial charge in [0.25, 0.3) is 11.7 Å². The topological polar surface area (TPSA) is 262 Å². The highest BCUT2D eigenvalue weighted by Crippen LogP contribution is 2.52. The van der Waals surface area contributed by atoms with Gasteiger partial charge in [-0.3, -0.25) is 19.2 Å². The number of Topliss-reactive ketones (excluding diaryl/α,β-unsaturated/α-hetero) is 2. The number of ketones is 2. The molecule has 6 aliphatic heterocycles. The Labute approximate surface area is 492 Å². The fourth-order valence-corrected chi connectivity index (χ4v) is 16.1. The lowest BCUT2D eigenvalue weighted by molar-refractivity contribution is -0.282. The van der Waals surface area contributed by atoms with Gasteiger partial charge in [-0.1, -0.05) is 73.1 Å². The number of aliphatic hydroxyl groups excluding tert-OH is 3. The molecule has 7 N–H and O–H groups in total. The summed E-state index contributed by atoms with van der Waals surface area (Å²) < 4.78 is 18.5. The third-order valence-corrected chi connectivity index (χ3v) is 20.7. The van der Waals surface area contributed by atoms with Gasteiger partial charge in [0.05, 0.1) is 42.5 Å². The average Bonchev–Trinajstić information content (AvgIpc) is 3.10. The number of piperidine rings is 1. The van der Waals surface area contributed by atoms with E-state index in [0.29, 0.717) is 87.8 Å². The minimum Gasteiger partial charge on any atom is -0.477 e. The Hall–Kier alpha value is -3.53. The van der Waals surface area contributed by atoms with E-state index in [0.717, 1.165) is 12.0 Å². The van der Waals surface area contributed by atoms with Crippen LogP contribution in [0.4, 0.5) is 0 Å². The highest BCUT2D eigenvalue weighted by Gasteiger charge is 2.60. The standard InChI is InChI=1S/C61H96N4O14S.C2H6/c1-31-21-32(2)23-41(18-19-60(10,11)63-29-42-27-43(30-62-42)80-54-38(8)50-49(39(9)66)56(71)65(50)51(54)58(73)74)47(69)28-46(68)37(7)53(35(5)25-40-16-17-45(67)48(26-40)77-12)78-59(75)44-15-13-14-20-64(44)57(72)55(70)61(76)36(6)24-34(4)52(79-61)33(3)22-31;1-2/h23,25,31,33-34,36-46,48-50,52-53,62-63,66-68,76H,13-22,24,26-30H2,1-12H3,(H,73,74);1-2H3/b32-23+,35-25+;/t31-,33-,34-,36+,37+,38+,39+,40-,41+,42-,43-,44-,45+,46-,48+,49+,50+,52+,53+,61+;/m0./s1. The molecule has 6 heterocycles. The van der Waals surface area contributed by atoms with Crippen molar-refractivity contribution < 1.29 is 68.5 Å². The predicted molar refractivity (Wildman–Crippen MR) is 315 cm³/mol. The maximum atomic E-state index is 14.9. The molecule has 1 aliphatic carbocycles. The lowest BCUT2D eigenvalue weighted by Gasteiger charge is -2.46. The molecule has 19 heteroatoms. The van der Waals surface area contributed by atoms with Crippen molar-refractivity contribution in [2.24, 2.45) is 53.3 Å². The number of ether oxygens (including phenoxy) is 3. The van der Waals surface area contributed by atoms with Crippen LogP contribution in [0.3, 0.4) is 0 Å². The maximum absolute atomic E-state index is 14.9. The number of hydrogen-bond donors (Lipinski definition) is 7. The fraction of sp³-hybridized carbons (Fsp3) is 0.810. The molecule has 5 fully saturated rings. The number of amides is 2. The Balaban J connectivity index is 0.00000535. The second kappa shape index (κ2) is 28.8. The number of nitrogens with zero attached hydrogens (tertiary/aromatic N) is 2. The van der Waals surface area contributed by atoms with Gasteiger partial charge in [0.1, 0.15) is 23.6 Å². The molecule has 20 atom stereocenters. The summed E-state index contributed by atoms with van der Waals surface area (Å²) in [4.78, 5) is 87.0. The largest absolute Gasteiger partial charge is 0.477 e. The van der Waals surface area contributed by atoms with Crippen molar-refractivity contribution in [2.75, 3.05) is 26.7 Å². The molecule has 7 rings (SSSR count). The number of nitrogens with one attached hydrogen (secondary N) is 2. The molecule has 0 aromatic rings. The van der Waals surface area contributed by atoms with Gasteiger partial charge in [0, 0.05) is 78.6 Å². The number of carboxylic acids is 1. The van der Waals surface area contributed by atoms with Crippen molar-refractivity contribution in [3.8, 4) is 0 Å². The fourth-order valence-electron chi connectivity index (χ4n) is 14.6. The SMILES string of the molecule is CC.CO[C@@H]1C[C@H](/C=C(\C)[C@H]2OC(=O)[C@@H]3CCCCN3C(=O)C(=O)[C@]3(O)O[C@H]([C@@H](C)C[C@@H](C)C/C(C)=C/[C@@H](CCC(C)(C)NC[C@@H]4C[C@H](SC5=C(C(=O)O)N6C(=O)[C@H]([C@@H](C)O)[C@H]6[C@H]5C)CN4)C(=O)C[C@H](O)[C@H]2C)[C@@H](C)C[C@H]3C)CC[C@H]1O. The second-order valence-corrected chi connectivity index (χ2v) is 27.7. The van der Waals surface area contributed by atoms with Gasteiger partial charge in [-0.2, -0.15) is 0 Å². The lowest BCUT2D eigenvalue weighted by atomic mass is 9.76. The van der Waals surface area contributed by atoms with Crippen LogP contribution < -0.4 is 10.6 Å². The van der Waals surface area contributed by atoms with Gasteiger partial charge in [-0.15, -0.1) is 11.8 Å². The zero-order valence-corrected chi connectivity index (χ0v) is 52.5. The highest BCUT2D eigenvalue weighted by molar-refractivity contribution is 8.03. The maximum Gasteiger partial charge on any atom is 0.353 e. The van der Waals surface area contributed by atoms with Crippen molar-refractivity contribution in [3.05, 3.63) is 33.9 Å². The van der Waals surface area contributed by atoms with Crippen LogP contribution in [0.25, 0.3) is 0 Å². The average molecular weight is 1170 g/mol. The third-order valence-electron chi connectivity index (χ3n) is 19.2. The van der Waals surface area contributed by atoms with Crippen molar-refractivity contribution >= 4 is 47.1 Å². The third kappa shape index (κ3) is 15.3. The number of aliphatic hydroxyl groups is 4. The number of β-lactam (4-membered cyclic amide) rings is 1. The predicted octanol–water partition coefficient (Wildman–Crippen LogP) is 7.10. The first-order chi connectivity index (χ1) is 38.6. The minimum atomic E-state index is -2.40. The van der Waals surface area contributed by atoms with E-state index >= 15 is 0 Å². The number of thioether (sulfide) groups is 1. The molecule has 0 aromatic heterocycles. The molecule has 4 saturated heterocycles. The highest BCUT2D eigenvalue weighted by atomic mass is 32.2. The Bertz CT molecular complexity index is 2380. The minimum absolute atomic E-state index is 0.0283. The molecule has 0 spiro atoms. The van der Waals surface area contributed by atoms with Crippen LogP contribution in [-0.2, 0) is 43.0 Å². The number of cyclic esters (lactones) is 1. The van der Waals surface area contributed by atoms with E-state index in [4.69, 9.17) is 14.2 Å². The quantitative estimate of drug-likeness (QED) is 0.0420. The van der Waals surface area contributed by atoms with E-state index in [-0.39, 0.29) is 83.7 Å². The van der Waals surface area contributed by atoms with E-state index < -0.39 is 101 Å². The summed E-state index contributed by atoms with van der Waals surface area (Å²) in [6, 6.07) is -1.44. The summed E-state index contributed by atoms with van der Waals surface area (Å²) in [7, 11) is 1.56. The summed E-state index contributed by atoms with van der Waals surface area (Å²) in [6.07, 6.45) is 5.75. The molecule has 0 radical (unpaired) electrons. The molecule has 2 bridgehead atoms. The van der Waals surface area contributed by atoms with Crippen LogP contribution in [0.15, 0.2) is 33.9 Å². The van der Waals surface area contributed by atoms with Gasteiger partial charge >= 0.3 is 11.9 Å². The molecule has 7 aliphatic rings. The Kier molecular flexibility index (Phi) is 23.7. The van der Waals surface area contributed by atoms with Crippen LogP contribution in [0.2, 0.25) is 0 Å². The Morgan fingerprint density at radius 3 is 2.32 bits per heavy atom. The van der Waals surface area contributed by atoms with Crippen LogP contribution in [0.5, 0.6) is 0 Å². The number of esters is 1. The summed E-state index contributed by atoms with van der Waals surface area (Å²) in [5.74, 6) is -9.87. The number of fused-ring (bicyclic) bond motifs is 4. The van der Waals surface area contributed by atoms with Crippen molar-refractivity contribution in [2.45, 2.75) is 245 Å². The van der Waals surface area contributed by atoms with Crippen LogP contribution in [0, 0.1) is 53.3 Å². The first-order valence-electron chi connectivity index (χ1n) is 30.9. The zero-order valence-electron chi connectivity index (χ0n) is 51.7. The van der Waals surface area contributed by atoms with E-state index in [2.05, 4.69) is 31.4 Å². The van der Waals surface area contributed by atoms with Crippen LogP contribution in [-0.4, -0.2) is 169 Å². The van der Waals surface area contributed by atoms with Gasteiger partial charge in [0.15, 0.2) is 0 Å².